The van der Waals surface area contributed by atoms with Gasteiger partial charge in [-0.3, -0.25) is 24.6 Å². The number of amides is 3. The number of imide groups is 1. The van der Waals surface area contributed by atoms with Crippen LogP contribution in [0.4, 0.5) is 5.69 Å². The van der Waals surface area contributed by atoms with E-state index >= 15 is 0 Å². The SMILES string of the molecule is CC.CC(C)N1CCN(c2ccc3c(c2)CN(C2CCC(=O)NC2=O)C3=O)CC1. The number of carbonyl (C=O) groups excluding carboxylic acids is 3. The number of fused-ring (bicyclic) bond motifs is 1. The van der Waals surface area contributed by atoms with Gasteiger partial charge in [0.15, 0.2) is 0 Å². The van der Waals surface area contributed by atoms with Crippen molar-refractivity contribution >= 4 is 23.4 Å². The van der Waals surface area contributed by atoms with Crippen molar-refractivity contribution in [2.24, 2.45) is 0 Å². The highest BCUT2D eigenvalue weighted by Crippen LogP contribution is 2.31. The molecule has 7 heteroatoms. The zero-order valence-electron chi connectivity index (χ0n) is 17.9. The van der Waals surface area contributed by atoms with Gasteiger partial charge >= 0.3 is 0 Å². The summed E-state index contributed by atoms with van der Waals surface area (Å²) in [6.07, 6.45) is 0.677. The second-order valence-electron chi connectivity index (χ2n) is 7.86. The third kappa shape index (κ3) is 4.29. The van der Waals surface area contributed by atoms with Crippen LogP contribution in [-0.4, -0.2) is 65.8 Å². The predicted molar refractivity (Wildman–Crippen MR) is 113 cm³/mol. The molecule has 7 nitrogen and oxygen atoms in total. The minimum Gasteiger partial charge on any atom is -0.369 e. The molecule has 1 unspecified atom stereocenters. The first-order valence-electron chi connectivity index (χ1n) is 10.7. The van der Waals surface area contributed by atoms with Crippen LogP contribution in [0.25, 0.3) is 0 Å². The number of rotatable bonds is 3. The van der Waals surface area contributed by atoms with Crippen molar-refractivity contribution in [3.63, 3.8) is 0 Å². The Labute approximate surface area is 173 Å². The van der Waals surface area contributed by atoms with Gasteiger partial charge in [-0.05, 0) is 44.0 Å². The van der Waals surface area contributed by atoms with Gasteiger partial charge in [-0.25, -0.2) is 0 Å². The highest BCUT2D eigenvalue weighted by atomic mass is 16.2. The fraction of sp³-hybridized carbons (Fsp3) is 0.591. The molecule has 0 spiro atoms. The molecule has 3 amide bonds. The number of nitrogens with one attached hydrogen (secondary N) is 1. The van der Waals surface area contributed by atoms with E-state index in [1.54, 1.807) is 4.90 Å². The molecule has 0 radical (unpaired) electrons. The third-order valence-electron chi connectivity index (χ3n) is 5.92. The Morgan fingerprint density at radius 1 is 1.03 bits per heavy atom. The summed E-state index contributed by atoms with van der Waals surface area (Å²) in [6, 6.07) is 5.99. The van der Waals surface area contributed by atoms with Gasteiger partial charge < -0.3 is 9.80 Å². The zero-order valence-corrected chi connectivity index (χ0v) is 17.9. The highest BCUT2D eigenvalue weighted by Gasteiger charge is 2.39. The van der Waals surface area contributed by atoms with Crippen molar-refractivity contribution in [2.75, 3.05) is 31.1 Å². The summed E-state index contributed by atoms with van der Waals surface area (Å²) in [5.74, 6) is -0.739. The molecule has 158 valence electrons. The molecule has 29 heavy (non-hydrogen) atoms. The monoisotopic (exact) mass is 400 g/mol. The summed E-state index contributed by atoms with van der Waals surface area (Å²) in [5.41, 5.74) is 2.77. The maximum Gasteiger partial charge on any atom is 0.255 e. The Morgan fingerprint density at radius 3 is 2.34 bits per heavy atom. The Morgan fingerprint density at radius 2 is 1.72 bits per heavy atom. The predicted octanol–water partition coefficient (Wildman–Crippen LogP) is 2.00. The smallest absolute Gasteiger partial charge is 0.255 e. The van der Waals surface area contributed by atoms with E-state index in [4.69, 9.17) is 0 Å². The molecule has 2 fully saturated rings. The molecular formula is C22H32N4O3. The number of nitrogens with zero attached hydrogens (tertiary/aromatic N) is 3. The molecule has 1 aromatic carbocycles. The average molecular weight is 401 g/mol. The van der Waals surface area contributed by atoms with E-state index in [2.05, 4.69) is 35.0 Å². The molecule has 3 aliphatic rings. The molecule has 3 aliphatic heterocycles. The van der Waals surface area contributed by atoms with E-state index in [9.17, 15) is 14.4 Å². The van der Waals surface area contributed by atoms with E-state index in [0.29, 0.717) is 24.6 Å². The first-order chi connectivity index (χ1) is 13.9. The number of piperidine rings is 1. The van der Waals surface area contributed by atoms with Crippen LogP contribution in [-0.2, 0) is 16.1 Å². The molecular weight excluding hydrogens is 368 g/mol. The molecule has 1 atom stereocenters. The van der Waals surface area contributed by atoms with Crippen LogP contribution >= 0.6 is 0 Å². The van der Waals surface area contributed by atoms with Crippen LogP contribution in [0.1, 0.15) is 56.5 Å². The van der Waals surface area contributed by atoms with E-state index in [0.717, 1.165) is 37.4 Å². The van der Waals surface area contributed by atoms with Crippen LogP contribution < -0.4 is 10.2 Å². The van der Waals surface area contributed by atoms with E-state index in [1.807, 2.05) is 26.0 Å². The van der Waals surface area contributed by atoms with Gasteiger partial charge in [0, 0.05) is 56.4 Å². The molecule has 0 saturated carbocycles. The maximum atomic E-state index is 12.8. The third-order valence-corrected chi connectivity index (χ3v) is 5.92. The lowest BCUT2D eigenvalue weighted by atomic mass is 10.0. The lowest BCUT2D eigenvalue weighted by Crippen LogP contribution is -2.52. The van der Waals surface area contributed by atoms with Crippen molar-refractivity contribution in [1.82, 2.24) is 15.1 Å². The first-order valence-corrected chi connectivity index (χ1v) is 10.7. The standard InChI is InChI=1S/C20H26N4O3.C2H6/c1-13(2)22-7-9-23(10-8-22)15-3-4-16-14(11-15)12-24(20(16)27)17-5-6-18(25)21-19(17)26;1-2/h3-4,11,13,17H,5-10,12H2,1-2H3,(H,21,25,26);1-2H3. The largest absolute Gasteiger partial charge is 0.369 e. The van der Waals surface area contributed by atoms with Gasteiger partial charge in [-0.15, -0.1) is 0 Å². The Hall–Kier alpha value is -2.41. The zero-order chi connectivity index (χ0) is 21.1. The molecule has 4 rings (SSSR count). The van der Waals surface area contributed by atoms with Gasteiger partial charge in [-0.2, -0.15) is 0 Å². The fourth-order valence-electron chi connectivity index (χ4n) is 4.25. The van der Waals surface area contributed by atoms with Crippen LogP contribution in [0, 0.1) is 0 Å². The summed E-state index contributed by atoms with van der Waals surface area (Å²) >= 11 is 0. The van der Waals surface area contributed by atoms with Gasteiger partial charge in [0.25, 0.3) is 5.91 Å². The number of hydrogen-bond donors (Lipinski definition) is 1. The molecule has 0 aromatic heterocycles. The lowest BCUT2D eigenvalue weighted by Gasteiger charge is -2.38. The summed E-state index contributed by atoms with van der Waals surface area (Å²) < 4.78 is 0. The summed E-state index contributed by atoms with van der Waals surface area (Å²) in [4.78, 5) is 42.7. The second-order valence-corrected chi connectivity index (χ2v) is 7.86. The van der Waals surface area contributed by atoms with Gasteiger partial charge in [0.2, 0.25) is 11.8 Å². The van der Waals surface area contributed by atoms with Crippen LogP contribution in [0.5, 0.6) is 0 Å². The fourth-order valence-corrected chi connectivity index (χ4v) is 4.25. The molecule has 0 aliphatic carbocycles. The van der Waals surface area contributed by atoms with Gasteiger partial charge in [-0.1, -0.05) is 13.8 Å². The molecule has 1 N–H and O–H groups in total. The van der Waals surface area contributed by atoms with E-state index in [1.165, 1.54) is 0 Å². The number of benzene rings is 1. The van der Waals surface area contributed by atoms with E-state index in [-0.39, 0.29) is 24.1 Å². The minimum absolute atomic E-state index is 0.115. The van der Waals surface area contributed by atoms with Crippen molar-refractivity contribution in [3.05, 3.63) is 29.3 Å². The summed E-state index contributed by atoms with van der Waals surface area (Å²) in [5, 5.41) is 2.35. The number of carbonyl (C=O) groups is 3. The maximum absolute atomic E-state index is 12.8. The molecule has 2 saturated heterocycles. The quantitative estimate of drug-likeness (QED) is 0.786. The number of anilines is 1. The second kappa shape index (κ2) is 8.95. The van der Waals surface area contributed by atoms with Crippen molar-refractivity contribution < 1.29 is 14.4 Å². The number of hydrogen-bond acceptors (Lipinski definition) is 5. The highest BCUT2D eigenvalue weighted by molar-refractivity contribution is 6.05. The Bertz CT molecular complexity index is 784. The van der Waals surface area contributed by atoms with Gasteiger partial charge in [0.05, 0.1) is 0 Å². The normalized spacial score (nSPS) is 22.4. The van der Waals surface area contributed by atoms with Crippen molar-refractivity contribution in [1.29, 1.82) is 0 Å². The number of piperazine rings is 1. The Balaban J connectivity index is 0.00000117. The topological polar surface area (TPSA) is 73.0 Å². The average Bonchev–Trinajstić information content (AvgIpc) is 3.05. The molecule has 1 aromatic rings. The van der Waals surface area contributed by atoms with Crippen molar-refractivity contribution in [2.45, 2.75) is 59.2 Å². The van der Waals surface area contributed by atoms with Crippen molar-refractivity contribution in [3.8, 4) is 0 Å². The van der Waals surface area contributed by atoms with Crippen LogP contribution in [0.3, 0.4) is 0 Å². The van der Waals surface area contributed by atoms with Crippen LogP contribution in [0.15, 0.2) is 18.2 Å². The lowest BCUT2D eigenvalue weighted by molar-refractivity contribution is -0.136. The minimum atomic E-state index is -0.555. The molecule has 3 heterocycles. The van der Waals surface area contributed by atoms with E-state index < -0.39 is 6.04 Å². The first kappa shape index (κ1) is 21.3. The Kier molecular flexibility index (Phi) is 6.57. The summed E-state index contributed by atoms with van der Waals surface area (Å²) in [6.45, 7) is 12.9. The van der Waals surface area contributed by atoms with Crippen LogP contribution in [0.2, 0.25) is 0 Å². The molecule has 0 bridgehead atoms. The summed E-state index contributed by atoms with van der Waals surface area (Å²) in [7, 11) is 0. The van der Waals surface area contributed by atoms with Gasteiger partial charge in [0.1, 0.15) is 6.04 Å².